The van der Waals surface area contributed by atoms with Gasteiger partial charge in [0.1, 0.15) is 12.4 Å². The molecule has 0 amide bonds. The first-order valence-corrected chi connectivity index (χ1v) is 8.12. The van der Waals surface area contributed by atoms with Gasteiger partial charge in [0.15, 0.2) is 0 Å². The third-order valence-electron chi connectivity index (χ3n) is 3.38. The lowest BCUT2D eigenvalue weighted by molar-refractivity contribution is 0.306. The molecule has 3 heteroatoms. The van der Waals surface area contributed by atoms with Crippen molar-refractivity contribution in [2.45, 2.75) is 13.2 Å². The van der Waals surface area contributed by atoms with Gasteiger partial charge in [-0.3, -0.25) is 0 Å². The number of rotatable bonds is 5. The minimum absolute atomic E-state index is 0.602. The predicted molar refractivity (Wildman–Crippen MR) is 95.9 cm³/mol. The van der Waals surface area contributed by atoms with Crippen LogP contribution in [0.25, 0.3) is 10.9 Å². The van der Waals surface area contributed by atoms with Gasteiger partial charge in [0.2, 0.25) is 0 Å². The molecule has 0 N–H and O–H groups in total. The molecule has 1 heterocycles. The van der Waals surface area contributed by atoms with Crippen molar-refractivity contribution in [2.75, 3.05) is 0 Å². The highest BCUT2D eigenvalue weighted by molar-refractivity contribution is 14.1. The van der Waals surface area contributed by atoms with Crippen molar-refractivity contribution in [1.29, 1.82) is 0 Å². The molecule has 0 bridgehead atoms. The van der Waals surface area contributed by atoms with E-state index in [9.17, 15) is 0 Å². The summed E-state index contributed by atoms with van der Waals surface area (Å²) in [7, 11) is 0. The molecule has 21 heavy (non-hydrogen) atoms. The Balaban J connectivity index is 1.75. The van der Waals surface area contributed by atoms with Crippen LogP contribution in [0.4, 0.5) is 0 Å². The minimum Gasteiger partial charge on any atom is -0.489 e. The molecule has 0 fully saturated rings. The Morgan fingerprint density at radius 3 is 2.71 bits per heavy atom. The summed E-state index contributed by atoms with van der Waals surface area (Å²) in [4.78, 5) is 0. The van der Waals surface area contributed by atoms with Crippen molar-refractivity contribution in [3.63, 3.8) is 0 Å². The molecular weight excluding hydrogens is 373 g/mol. The Labute approximate surface area is 138 Å². The third kappa shape index (κ3) is 3.47. The second-order valence-corrected chi connectivity index (χ2v) is 5.54. The fraction of sp³-hybridized carbons (Fsp3) is 0.111. The smallest absolute Gasteiger partial charge is 0.120 e. The van der Waals surface area contributed by atoms with E-state index in [1.807, 2.05) is 28.3 Å². The van der Waals surface area contributed by atoms with E-state index in [2.05, 4.69) is 69.8 Å². The fourth-order valence-electron chi connectivity index (χ4n) is 2.32. The number of halogens is 1. The van der Waals surface area contributed by atoms with Gasteiger partial charge in [-0.05, 0) is 33.9 Å². The van der Waals surface area contributed by atoms with Crippen molar-refractivity contribution in [2.24, 2.45) is 0 Å². The topological polar surface area (TPSA) is 14.2 Å². The maximum absolute atomic E-state index is 5.87. The van der Waals surface area contributed by atoms with Gasteiger partial charge >= 0.3 is 0 Å². The maximum atomic E-state index is 5.87. The number of hydrogen-bond acceptors (Lipinski definition) is 1. The van der Waals surface area contributed by atoms with Crippen molar-refractivity contribution < 1.29 is 4.74 Å². The van der Waals surface area contributed by atoms with Crippen molar-refractivity contribution >= 4 is 33.5 Å². The molecule has 0 aliphatic heterocycles. The lowest BCUT2D eigenvalue weighted by atomic mass is 10.2. The Morgan fingerprint density at radius 1 is 1.05 bits per heavy atom. The molecule has 2 aromatic carbocycles. The number of aromatic nitrogens is 1. The zero-order valence-electron chi connectivity index (χ0n) is 11.6. The number of benzene rings is 2. The lowest BCUT2D eigenvalue weighted by Crippen LogP contribution is -1.95. The number of hydrogen-bond donors (Lipinski definition) is 0. The van der Waals surface area contributed by atoms with Crippen LogP contribution in [-0.4, -0.2) is 4.57 Å². The van der Waals surface area contributed by atoms with Gasteiger partial charge in [-0.2, -0.15) is 0 Å². The zero-order chi connectivity index (χ0) is 14.5. The molecular formula is C18H16INO. The van der Waals surface area contributed by atoms with E-state index in [0.717, 1.165) is 12.3 Å². The quantitative estimate of drug-likeness (QED) is 0.550. The first kappa shape index (κ1) is 14.2. The van der Waals surface area contributed by atoms with E-state index in [1.54, 1.807) is 0 Å². The summed E-state index contributed by atoms with van der Waals surface area (Å²) in [6.45, 7) is 1.50. The molecule has 0 saturated carbocycles. The zero-order valence-corrected chi connectivity index (χ0v) is 13.7. The molecule has 0 unspecified atom stereocenters. The van der Waals surface area contributed by atoms with Gasteiger partial charge in [0.05, 0.1) is 0 Å². The number of nitrogens with zero attached hydrogens (tertiary/aromatic N) is 1. The minimum atomic E-state index is 0.602. The SMILES string of the molecule is I/C=C/Cn1ccc2cc(OCc3ccccc3)ccc21. The largest absolute Gasteiger partial charge is 0.489 e. The van der Waals surface area contributed by atoms with Crippen molar-refractivity contribution in [3.8, 4) is 5.75 Å². The molecule has 0 saturated heterocycles. The molecule has 1 aromatic heterocycles. The first-order valence-electron chi connectivity index (χ1n) is 6.87. The van der Waals surface area contributed by atoms with Gasteiger partial charge in [-0.1, -0.05) is 59.0 Å². The van der Waals surface area contributed by atoms with E-state index in [0.29, 0.717) is 6.61 Å². The van der Waals surface area contributed by atoms with Crippen LogP contribution in [0.1, 0.15) is 5.56 Å². The van der Waals surface area contributed by atoms with Gasteiger partial charge in [0, 0.05) is 23.6 Å². The van der Waals surface area contributed by atoms with Crippen LogP contribution in [0.2, 0.25) is 0 Å². The normalized spacial score (nSPS) is 11.3. The Morgan fingerprint density at radius 2 is 1.90 bits per heavy atom. The molecule has 0 aliphatic carbocycles. The van der Waals surface area contributed by atoms with Crippen LogP contribution >= 0.6 is 22.6 Å². The number of ether oxygens (including phenoxy) is 1. The average molecular weight is 389 g/mol. The van der Waals surface area contributed by atoms with Crippen LogP contribution in [0.3, 0.4) is 0 Å². The summed E-state index contributed by atoms with van der Waals surface area (Å²) in [5, 5.41) is 1.21. The lowest BCUT2D eigenvalue weighted by Gasteiger charge is -2.07. The Bertz CT molecular complexity index is 746. The average Bonchev–Trinajstić information content (AvgIpc) is 2.94. The van der Waals surface area contributed by atoms with Crippen LogP contribution in [0.15, 0.2) is 71.0 Å². The van der Waals surface area contributed by atoms with Gasteiger partial charge in [-0.15, -0.1) is 0 Å². The van der Waals surface area contributed by atoms with Crippen molar-refractivity contribution in [3.05, 3.63) is 76.5 Å². The predicted octanol–water partition coefficient (Wildman–Crippen LogP) is 5.17. The summed E-state index contributed by atoms with van der Waals surface area (Å²) in [5.41, 5.74) is 2.42. The molecule has 3 rings (SSSR count). The van der Waals surface area contributed by atoms with E-state index in [-0.39, 0.29) is 0 Å². The van der Waals surface area contributed by atoms with E-state index < -0.39 is 0 Å². The fourth-order valence-corrected chi connectivity index (χ4v) is 2.55. The van der Waals surface area contributed by atoms with Crippen LogP contribution in [-0.2, 0) is 13.2 Å². The van der Waals surface area contributed by atoms with E-state index in [1.165, 1.54) is 16.5 Å². The van der Waals surface area contributed by atoms with Crippen LogP contribution in [0.5, 0.6) is 5.75 Å². The Hall–Kier alpha value is -1.75. The molecule has 0 aliphatic rings. The van der Waals surface area contributed by atoms with E-state index in [4.69, 9.17) is 4.74 Å². The van der Waals surface area contributed by atoms with Gasteiger partial charge in [-0.25, -0.2) is 0 Å². The molecule has 2 nitrogen and oxygen atoms in total. The van der Waals surface area contributed by atoms with Gasteiger partial charge in [0.25, 0.3) is 0 Å². The van der Waals surface area contributed by atoms with Crippen LogP contribution < -0.4 is 4.74 Å². The Kier molecular flexibility index (Phi) is 4.60. The highest BCUT2D eigenvalue weighted by Gasteiger charge is 2.02. The number of allylic oxidation sites excluding steroid dienone is 1. The maximum Gasteiger partial charge on any atom is 0.120 e. The molecule has 0 spiro atoms. The van der Waals surface area contributed by atoms with E-state index >= 15 is 0 Å². The molecule has 3 aromatic rings. The second-order valence-electron chi connectivity index (χ2n) is 4.82. The van der Waals surface area contributed by atoms with Gasteiger partial charge < -0.3 is 9.30 Å². The molecule has 0 radical (unpaired) electrons. The first-order chi connectivity index (χ1) is 10.4. The molecule has 106 valence electrons. The summed E-state index contributed by atoms with van der Waals surface area (Å²) >= 11 is 2.24. The van der Waals surface area contributed by atoms with Crippen molar-refractivity contribution in [1.82, 2.24) is 4.57 Å². The third-order valence-corrected chi connectivity index (χ3v) is 3.89. The summed E-state index contributed by atoms with van der Waals surface area (Å²) in [6, 6.07) is 18.6. The summed E-state index contributed by atoms with van der Waals surface area (Å²) in [5.74, 6) is 0.911. The highest BCUT2D eigenvalue weighted by atomic mass is 127. The second kappa shape index (κ2) is 6.80. The number of fused-ring (bicyclic) bond motifs is 1. The monoisotopic (exact) mass is 389 g/mol. The molecule has 0 atom stereocenters. The summed E-state index contributed by atoms with van der Waals surface area (Å²) in [6.07, 6.45) is 4.25. The van der Waals surface area contributed by atoms with Crippen LogP contribution in [0, 0.1) is 0 Å². The standard InChI is InChI=1S/C18H16INO/c19-10-4-11-20-12-9-16-13-17(7-8-18(16)20)21-14-15-5-2-1-3-6-15/h1-10,12-13H,11,14H2/b10-4+. The summed E-state index contributed by atoms with van der Waals surface area (Å²) < 4.78 is 10.1. The highest BCUT2D eigenvalue weighted by Crippen LogP contribution is 2.23.